The van der Waals surface area contributed by atoms with Gasteiger partial charge in [0, 0.05) is 46.0 Å². The number of aromatic nitrogens is 2. The van der Waals surface area contributed by atoms with Crippen molar-refractivity contribution in [2.75, 3.05) is 13.1 Å². The largest absolute Gasteiger partial charge is 0.368 e. The number of halogens is 1. The SMILES string of the molecule is Clc1ccc2[nH]c(-c3ccncc3)c(C3=NCCN3)c2c1. The molecule has 21 heavy (non-hydrogen) atoms. The van der Waals surface area contributed by atoms with Crippen molar-refractivity contribution in [2.24, 2.45) is 4.99 Å². The zero-order valence-electron chi connectivity index (χ0n) is 11.2. The van der Waals surface area contributed by atoms with Gasteiger partial charge in [-0.3, -0.25) is 9.98 Å². The molecule has 0 spiro atoms. The van der Waals surface area contributed by atoms with Crippen LogP contribution in [0.25, 0.3) is 22.2 Å². The number of H-pyrrole nitrogens is 1. The van der Waals surface area contributed by atoms with E-state index in [1.165, 1.54) is 0 Å². The van der Waals surface area contributed by atoms with Crippen molar-refractivity contribution < 1.29 is 0 Å². The van der Waals surface area contributed by atoms with Gasteiger partial charge in [0.25, 0.3) is 0 Å². The Morgan fingerprint density at radius 1 is 1.10 bits per heavy atom. The lowest BCUT2D eigenvalue weighted by atomic mass is 10.1. The van der Waals surface area contributed by atoms with Crippen molar-refractivity contribution in [1.82, 2.24) is 15.3 Å². The van der Waals surface area contributed by atoms with Gasteiger partial charge in [-0.25, -0.2) is 0 Å². The molecular formula is C16H13ClN4. The van der Waals surface area contributed by atoms with E-state index in [1.807, 2.05) is 30.3 Å². The van der Waals surface area contributed by atoms with Crippen LogP contribution >= 0.6 is 11.6 Å². The highest BCUT2D eigenvalue weighted by molar-refractivity contribution is 6.31. The molecule has 0 aliphatic carbocycles. The summed E-state index contributed by atoms with van der Waals surface area (Å²) in [5.41, 5.74) is 4.26. The van der Waals surface area contributed by atoms with Gasteiger partial charge in [0.05, 0.1) is 12.2 Å². The number of rotatable bonds is 2. The van der Waals surface area contributed by atoms with Crippen molar-refractivity contribution in [3.05, 3.63) is 53.3 Å². The number of nitrogens with zero attached hydrogens (tertiary/aromatic N) is 2. The van der Waals surface area contributed by atoms with Crippen LogP contribution in [-0.4, -0.2) is 28.9 Å². The molecule has 4 nitrogen and oxygen atoms in total. The molecule has 0 unspecified atom stereocenters. The van der Waals surface area contributed by atoms with E-state index in [-0.39, 0.29) is 0 Å². The van der Waals surface area contributed by atoms with Gasteiger partial charge in [-0.15, -0.1) is 0 Å². The molecule has 0 atom stereocenters. The van der Waals surface area contributed by atoms with Gasteiger partial charge in [0.1, 0.15) is 5.84 Å². The van der Waals surface area contributed by atoms with E-state index < -0.39 is 0 Å². The molecule has 3 heterocycles. The van der Waals surface area contributed by atoms with Crippen LogP contribution in [0.15, 0.2) is 47.7 Å². The fourth-order valence-electron chi connectivity index (χ4n) is 2.71. The number of hydrogen-bond acceptors (Lipinski definition) is 3. The number of pyridine rings is 1. The van der Waals surface area contributed by atoms with Crippen LogP contribution in [-0.2, 0) is 0 Å². The Bertz CT molecular complexity index is 836. The maximum absolute atomic E-state index is 6.17. The standard InChI is InChI=1S/C16H13ClN4/c17-11-1-2-13-12(9-11)14(16-19-7-8-20-16)15(21-13)10-3-5-18-6-4-10/h1-6,9,21H,7-8H2,(H,19,20). The topological polar surface area (TPSA) is 53.1 Å². The molecule has 4 rings (SSSR count). The average Bonchev–Trinajstić information content (AvgIpc) is 3.14. The van der Waals surface area contributed by atoms with Crippen LogP contribution in [0.3, 0.4) is 0 Å². The predicted molar refractivity (Wildman–Crippen MR) is 85.9 cm³/mol. The molecule has 2 N–H and O–H groups in total. The Morgan fingerprint density at radius 2 is 1.95 bits per heavy atom. The van der Waals surface area contributed by atoms with E-state index in [9.17, 15) is 0 Å². The van der Waals surface area contributed by atoms with Gasteiger partial charge in [-0.05, 0) is 30.3 Å². The normalized spacial score (nSPS) is 14.2. The molecule has 0 bridgehead atoms. The van der Waals surface area contributed by atoms with Crippen molar-refractivity contribution in [1.29, 1.82) is 0 Å². The maximum Gasteiger partial charge on any atom is 0.131 e. The quantitative estimate of drug-likeness (QED) is 0.763. The van der Waals surface area contributed by atoms with Crippen molar-refractivity contribution in [3.63, 3.8) is 0 Å². The van der Waals surface area contributed by atoms with E-state index in [0.29, 0.717) is 0 Å². The Kier molecular flexibility index (Phi) is 2.89. The lowest BCUT2D eigenvalue weighted by molar-refractivity contribution is 0.960. The summed E-state index contributed by atoms with van der Waals surface area (Å²) < 4.78 is 0. The Labute approximate surface area is 126 Å². The van der Waals surface area contributed by atoms with E-state index in [1.54, 1.807) is 12.4 Å². The molecule has 104 valence electrons. The summed E-state index contributed by atoms with van der Waals surface area (Å²) in [6.07, 6.45) is 3.59. The lowest BCUT2D eigenvalue weighted by Crippen LogP contribution is -2.19. The second-order valence-electron chi connectivity index (χ2n) is 4.96. The minimum atomic E-state index is 0.725. The fraction of sp³-hybridized carbons (Fsp3) is 0.125. The number of aliphatic imine (C=N–C) groups is 1. The number of amidine groups is 1. The van der Waals surface area contributed by atoms with E-state index in [4.69, 9.17) is 11.6 Å². The summed E-state index contributed by atoms with van der Waals surface area (Å²) in [6.45, 7) is 1.68. The third-order valence-corrected chi connectivity index (χ3v) is 3.88. The molecule has 1 aliphatic heterocycles. The second kappa shape index (κ2) is 4.90. The second-order valence-corrected chi connectivity index (χ2v) is 5.39. The van der Waals surface area contributed by atoms with Crippen LogP contribution in [0.4, 0.5) is 0 Å². The monoisotopic (exact) mass is 296 g/mol. The first-order valence-electron chi connectivity index (χ1n) is 6.83. The smallest absolute Gasteiger partial charge is 0.131 e. The minimum absolute atomic E-state index is 0.725. The average molecular weight is 297 g/mol. The van der Waals surface area contributed by atoms with Gasteiger partial charge < -0.3 is 10.3 Å². The van der Waals surface area contributed by atoms with Crippen molar-refractivity contribution in [2.45, 2.75) is 0 Å². The van der Waals surface area contributed by atoms with Gasteiger partial charge in [-0.2, -0.15) is 0 Å². The Hall–Kier alpha value is -2.33. The Balaban J connectivity index is 2.03. The summed E-state index contributed by atoms with van der Waals surface area (Å²) in [7, 11) is 0. The third-order valence-electron chi connectivity index (χ3n) is 3.64. The molecule has 5 heteroatoms. The first-order valence-corrected chi connectivity index (χ1v) is 7.21. The molecule has 2 aromatic heterocycles. The summed E-state index contributed by atoms with van der Waals surface area (Å²) in [4.78, 5) is 12.1. The third kappa shape index (κ3) is 2.08. The number of aromatic amines is 1. The molecule has 1 aromatic carbocycles. The van der Waals surface area contributed by atoms with Gasteiger partial charge >= 0.3 is 0 Å². The van der Waals surface area contributed by atoms with Gasteiger partial charge in [-0.1, -0.05) is 11.6 Å². The number of benzene rings is 1. The zero-order chi connectivity index (χ0) is 14.2. The van der Waals surface area contributed by atoms with Crippen molar-refractivity contribution >= 4 is 28.3 Å². The van der Waals surface area contributed by atoms with Crippen LogP contribution in [0.2, 0.25) is 5.02 Å². The molecule has 0 amide bonds. The highest BCUT2D eigenvalue weighted by Crippen LogP contribution is 2.32. The van der Waals surface area contributed by atoms with Crippen LogP contribution in [0.1, 0.15) is 5.56 Å². The number of fused-ring (bicyclic) bond motifs is 1. The first-order chi connectivity index (χ1) is 10.3. The number of hydrogen-bond donors (Lipinski definition) is 2. The lowest BCUT2D eigenvalue weighted by Gasteiger charge is -2.06. The zero-order valence-corrected chi connectivity index (χ0v) is 12.0. The fourth-order valence-corrected chi connectivity index (χ4v) is 2.88. The van der Waals surface area contributed by atoms with Crippen LogP contribution in [0.5, 0.6) is 0 Å². The van der Waals surface area contributed by atoms with Crippen LogP contribution in [0, 0.1) is 0 Å². The first kappa shape index (κ1) is 12.4. The Morgan fingerprint density at radius 3 is 2.71 bits per heavy atom. The van der Waals surface area contributed by atoms with Gasteiger partial charge in [0.2, 0.25) is 0 Å². The molecule has 0 saturated carbocycles. The molecular weight excluding hydrogens is 284 g/mol. The van der Waals surface area contributed by atoms with E-state index in [0.717, 1.165) is 51.7 Å². The summed E-state index contributed by atoms with van der Waals surface area (Å²) in [6, 6.07) is 9.86. The summed E-state index contributed by atoms with van der Waals surface area (Å²) in [5, 5.41) is 5.16. The molecule has 0 saturated heterocycles. The van der Waals surface area contributed by atoms with E-state index >= 15 is 0 Å². The minimum Gasteiger partial charge on any atom is -0.368 e. The molecule has 1 aliphatic rings. The van der Waals surface area contributed by atoms with Crippen molar-refractivity contribution in [3.8, 4) is 11.3 Å². The van der Waals surface area contributed by atoms with Gasteiger partial charge in [0.15, 0.2) is 0 Å². The van der Waals surface area contributed by atoms with E-state index in [2.05, 4.69) is 20.3 Å². The highest BCUT2D eigenvalue weighted by Gasteiger charge is 2.20. The number of nitrogens with one attached hydrogen (secondary N) is 2. The summed E-state index contributed by atoms with van der Waals surface area (Å²) in [5.74, 6) is 0.926. The van der Waals surface area contributed by atoms with Crippen LogP contribution < -0.4 is 5.32 Å². The maximum atomic E-state index is 6.17. The molecule has 0 fully saturated rings. The predicted octanol–water partition coefficient (Wildman–Crippen LogP) is 3.23. The molecule has 3 aromatic rings. The summed E-state index contributed by atoms with van der Waals surface area (Å²) >= 11 is 6.17. The highest BCUT2D eigenvalue weighted by atomic mass is 35.5. The molecule has 0 radical (unpaired) electrons.